The highest BCUT2D eigenvalue weighted by atomic mass is 32.2. The maximum atomic E-state index is 13.1. The molecule has 4 rings (SSSR count). The summed E-state index contributed by atoms with van der Waals surface area (Å²) < 4.78 is 0. The van der Waals surface area contributed by atoms with Gasteiger partial charge in [-0.2, -0.15) is 0 Å². The summed E-state index contributed by atoms with van der Waals surface area (Å²) in [4.78, 5) is 44.2. The number of hydrogen-bond acceptors (Lipinski definition) is 7. The summed E-state index contributed by atoms with van der Waals surface area (Å²) in [5, 5.41) is 15.3. The number of non-ortho nitro benzene ring substituents is 1. The number of ketones is 1. The normalized spacial score (nSPS) is 19.0. The van der Waals surface area contributed by atoms with Crippen molar-refractivity contribution in [3.8, 4) is 0 Å². The summed E-state index contributed by atoms with van der Waals surface area (Å²) in [5.74, 6) is -0.291. The molecule has 2 aromatic rings. The van der Waals surface area contributed by atoms with E-state index < -0.39 is 10.8 Å². The molecule has 0 amide bonds. The molecule has 0 fully saturated rings. The largest absolute Gasteiger partial charge is 0.343 e. The number of Topliss-reactive ketones (excluding diaryl/α,β-unsaturated/α-hetero) is 1. The molecule has 0 spiro atoms. The second-order valence-electron chi connectivity index (χ2n) is 7.55. The average molecular weight is 426 g/mol. The van der Waals surface area contributed by atoms with Gasteiger partial charge in [-0.1, -0.05) is 37.7 Å². The second kappa shape index (κ2) is 8.06. The number of allylic oxidation sites excluding steroid dienone is 2. The number of hydrogen-bond donors (Lipinski definition) is 2. The van der Waals surface area contributed by atoms with Crippen molar-refractivity contribution in [3.63, 3.8) is 0 Å². The second-order valence-corrected chi connectivity index (χ2v) is 8.98. The highest BCUT2D eigenvalue weighted by Crippen LogP contribution is 2.44. The van der Waals surface area contributed by atoms with E-state index in [9.17, 15) is 19.7 Å². The van der Waals surface area contributed by atoms with E-state index in [4.69, 9.17) is 0 Å². The number of nitro groups is 1. The number of thioether (sulfide) groups is 1. The van der Waals surface area contributed by atoms with Crippen LogP contribution in [0.15, 0.2) is 45.5 Å². The molecular weight excluding hydrogens is 404 g/mol. The van der Waals surface area contributed by atoms with Gasteiger partial charge in [0.15, 0.2) is 10.9 Å². The van der Waals surface area contributed by atoms with Crippen LogP contribution in [0, 0.1) is 10.1 Å². The molecular formula is C21H22N4O4S. The van der Waals surface area contributed by atoms with Crippen LogP contribution in [0.3, 0.4) is 0 Å². The fraction of sp³-hybridized carbons (Fsp3) is 0.381. The number of carbonyl (C=O) groups is 1. The number of aromatic amines is 1. The summed E-state index contributed by atoms with van der Waals surface area (Å²) in [6, 6.07) is 6.14. The molecule has 2 N–H and O–H groups in total. The predicted octanol–water partition coefficient (Wildman–Crippen LogP) is 4.13. The third-order valence-corrected chi connectivity index (χ3v) is 6.69. The first kappa shape index (κ1) is 20.3. The van der Waals surface area contributed by atoms with E-state index in [2.05, 4.69) is 29.1 Å². The molecule has 2 heterocycles. The van der Waals surface area contributed by atoms with Gasteiger partial charge in [0.25, 0.3) is 11.2 Å². The first-order valence-electron chi connectivity index (χ1n) is 9.97. The molecule has 156 valence electrons. The maximum absolute atomic E-state index is 13.1. The summed E-state index contributed by atoms with van der Waals surface area (Å²) >= 11 is 1.48. The summed E-state index contributed by atoms with van der Waals surface area (Å²) in [7, 11) is 0. The summed E-state index contributed by atoms with van der Waals surface area (Å²) in [6.07, 6.45) is 2.72. The van der Waals surface area contributed by atoms with Gasteiger partial charge in [-0.25, -0.2) is 4.98 Å². The lowest BCUT2D eigenvalue weighted by Crippen LogP contribution is -2.32. The highest BCUT2D eigenvalue weighted by Gasteiger charge is 2.38. The maximum Gasteiger partial charge on any atom is 0.269 e. The molecule has 9 heteroatoms. The monoisotopic (exact) mass is 426 g/mol. The zero-order chi connectivity index (χ0) is 21.4. The molecule has 1 aromatic heterocycles. The molecule has 2 atom stereocenters. The lowest BCUT2D eigenvalue weighted by Gasteiger charge is -2.32. The molecule has 2 aliphatic rings. The van der Waals surface area contributed by atoms with Crippen molar-refractivity contribution >= 4 is 29.1 Å². The van der Waals surface area contributed by atoms with Crippen LogP contribution in [0.2, 0.25) is 0 Å². The molecule has 30 heavy (non-hydrogen) atoms. The predicted molar refractivity (Wildman–Crippen MR) is 115 cm³/mol. The number of carbonyl (C=O) groups excluding carboxylic acids is 1. The first-order valence-corrected chi connectivity index (χ1v) is 10.9. The van der Waals surface area contributed by atoms with Crippen molar-refractivity contribution in [3.05, 3.63) is 67.1 Å². The Bertz CT molecular complexity index is 1120. The number of rotatable bonds is 5. The lowest BCUT2D eigenvalue weighted by atomic mass is 9.76. The Morgan fingerprint density at radius 1 is 1.33 bits per heavy atom. The van der Waals surface area contributed by atoms with Crippen molar-refractivity contribution in [1.29, 1.82) is 0 Å². The van der Waals surface area contributed by atoms with Crippen LogP contribution >= 0.6 is 11.8 Å². The number of nitrogens with zero attached hydrogens (tertiary/aromatic N) is 2. The fourth-order valence-electron chi connectivity index (χ4n) is 3.92. The van der Waals surface area contributed by atoms with Crippen LogP contribution in [0.25, 0.3) is 0 Å². The van der Waals surface area contributed by atoms with Crippen LogP contribution in [0.5, 0.6) is 0 Å². The van der Waals surface area contributed by atoms with E-state index in [1.54, 1.807) is 12.1 Å². The Kier molecular flexibility index (Phi) is 5.46. The zero-order valence-corrected chi connectivity index (χ0v) is 17.5. The third-order valence-electron chi connectivity index (χ3n) is 5.54. The van der Waals surface area contributed by atoms with Gasteiger partial charge < -0.3 is 10.3 Å². The van der Waals surface area contributed by atoms with E-state index >= 15 is 0 Å². The van der Waals surface area contributed by atoms with Gasteiger partial charge in [-0.3, -0.25) is 19.7 Å². The number of benzene rings is 1. The number of anilines is 1. The minimum Gasteiger partial charge on any atom is -0.343 e. The topological polar surface area (TPSA) is 118 Å². The molecule has 8 nitrogen and oxygen atoms in total. The Morgan fingerprint density at radius 2 is 2.13 bits per heavy atom. The average Bonchev–Trinajstić information content (AvgIpc) is 2.72. The third kappa shape index (κ3) is 3.65. The van der Waals surface area contributed by atoms with Gasteiger partial charge in [0, 0.05) is 41.0 Å². The SMILES string of the molecule is CC[C@@H](C)Sc1nc2c(c(=O)[nH]1)[C@@H](c1cccc([N+](=O)[O-])c1)C1=C(CCCC1=O)N2. The Hall–Kier alpha value is -2.94. The number of H-pyrrole nitrogens is 1. The smallest absolute Gasteiger partial charge is 0.269 e. The van der Waals surface area contributed by atoms with E-state index in [0.29, 0.717) is 40.5 Å². The summed E-state index contributed by atoms with van der Waals surface area (Å²) in [5.41, 5.74) is 1.74. The van der Waals surface area contributed by atoms with Crippen molar-refractivity contribution in [2.24, 2.45) is 0 Å². The minimum atomic E-state index is -0.678. The van der Waals surface area contributed by atoms with Crippen LogP contribution in [0.4, 0.5) is 11.5 Å². The van der Waals surface area contributed by atoms with Gasteiger partial charge in [0.2, 0.25) is 0 Å². The quantitative estimate of drug-likeness (QED) is 0.319. The van der Waals surface area contributed by atoms with Gasteiger partial charge >= 0.3 is 0 Å². The van der Waals surface area contributed by atoms with E-state index in [1.807, 2.05) is 0 Å². The molecule has 0 unspecified atom stereocenters. The van der Waals surface area contributed by atoms with Crippen molar-refractivity contribution in [1.82, 2.24) is 9.97 Å². The van der Waals surface area contributed by atoms with E-state index in [-0.39, 0.29) is 22.3 Å². The molecule has 1 aliphatic carbocycles. The van der Waals surface area contributed by atoms with Gasteiger partial charge in [0.1, 0.15) is 5.82 Å². The van der Waals surface area contributed by atoms with Crippen molar-refractivity contribution in [2.75, 3.05) is 5.32 Å². The first-order chi connectivity index (χ1) is 14.4. The van der Waals surface area contributed by atoms with E-state index in [0.717, 1.165) is 18.5 Å². The molecule has 0 bridgehead atoms. The standard InChI is InChI=1S/C21H22N4O4S/c1-3-11(2)30-21-23-19-18(20(27)24-21)16(12-6-4-7-13(10-12)25(28)29)17-14(22-19)8-5-9-15(17)26/h4,6-7,10-11,16H,3,5,8-9H2,1-2H3,(H2,22,23,24,27)/t11-,16+/m1/s1. The van der Waals surface area contributed by atoms with Gasteiger partial charge in [-0.05, 0) is 24.8 Å². The van der Waals surface area contributed by atoms with Crippen LogP contribution in [0.1, 0.15) is 56.6 Å². The highest BCUT2D eigenvalue weighted by molar-refractivity contribution is 7.99. The van der Waals surface area contributed by atoms with Gasteiger partial charge in [-0.15, -0.1) is 0 Å². The number of nitrogens with one attached hydrogen (secondary N) is 2. The van der Waals surface area contributed by atoms with Crippen molar-refractivity contribution in [2.45, 2.75) is 55.9 Å². The van der Waals surface area contributed by atoms with E-state index in [1.165, 1.54) is 23.9 Å². The number of aromatic nitrogens is 2. The minimum absolute atomic E-state index is 0.0386. The van der Waals surface area contributed by atoms with Crippen molar-refractivity contribution < 1.29 is 9.72 Å². The molecule has 1 aromatic carbocycles. The Balaban J connectivity index is 1.90. The lowest BCUT2D eigenvalue weighted by molar-refractivity contribution is -0.384. The van der Waals surface area contributed by atoms with Gasteiger partial charge in [0.05, 0.1) is 10.5 Å². The van der Waals surface area contributed by atoms with Crippen LogP contribution < -0.4 is 10.9 Å². The fourth-order valence-corrected chi connectivity index (χ4v) is 4.76. The molecule has 0 saturated carbocycles. The Labute approximate surface area is 177 Å². The van der Waals surface area contributed by atoms with Crippen LogP contribution in [-0.4, -0.2) is 25.9 Å². The number of fused-ring (bicyclic) bond motifs is 1. The molecule has 1 aliphatic heterocycles. The number of nitro benzene ring substituents is 1. The Morgan fingerprint density at radius 3 is 2.87 bits per heavy atom. The zero-order valence-electron chi connectivity index (χ0n) is 16.7. The molecule has 0 radical (unpaired) electrons. The van der Waals surface area contributed by atoms with Crippen LogP contribution in [-0.2, 0) is 4.79 Å². The summed E-state index contributed by atoms with van der Waals surface area (Å²) in [6.45, 7) is 4.12. The molecule has 0 saturated heterocycles.